The first-order chi connectivity index (χ1) is 12.8. The van der Waals surface area contributed by atoms with Crippen molar-refractivity contribution in [2.45, 2.75) is 37.6 Å². The van der Waals surface area contributed by atoms with Crippen molar-refractivity contribution in [2.75, 3.05) is 18.4 Å². The Hall–Kier alpha value is -2.19. The van der Waals surface area contributed by atoms with E-state index in [1.165, 1.54) is 22.4 Å². The highest BCUT2D eigenvalue weighted by Gasteiger charge is 2.34. The quantitative estimate of drug-likeness (QED) is 0.850. The van der Waals surface area contributed by atoms with E-state index in [1.807, 2.05) is 24.3 Å². The first-order valence-electron chi connectivity index (χ1n) is 9.16. The van der Waals surface area contributed by atoms with Gasteiger partial charge in [-0.05, 0) is 36.5 Å². The van der Waals surface area contributed by atoms with Crippen LogP contribution in [0, 0.1) is 5.92 Å². The molecule has 1 aliphatic heterocycles. The fraction of sp³-hybridized carbons (Fsp3) is 0.474. The molecule has 2 aromatic rings. The van der Waals surface area contributed by atoms with Gasteiger partial charge in [-0.1, -0.05) is 26.0 Å². The Morgan fingerprint density at radius 3 is 2.56 bits per heavy atom. The molecule has 1 aromatic carbocycles. The van der Waals surface area contributed by atoms with E-state index in [0.29, 0.717) is 25.3 Å². The molecule has 8 heteroatoms. The summed E-state index contributed by atoms with van der Waals surface area (Å²) in [7, 11) is -1.95. The number of nitrogens with one attached hydrogen (secondary N) is 1. The minimum Gasteiger partial charge on any atom is -0.339 e. The lowest BCUT2D eigenvalue weighted by atomic mass is 9.98. The topological polar surface area (TPSA) is 84.3 Å². The smallest absolute Gasteiger partial charge is 0.262 e. The Morgan fingerprint density at radius 2 is 1.96 bits per heavy atom. The number of aromatic nitrogens is 2. The molecule has 146 valence electrons. The molecule has 2 heterocycles. The summed E-state index contributed by atoms with van der Waals surface area (Å²) in [5.74, 6) is -0.0892. The van der Waals surface area contributed by atoms with E-state index in [2.05, 4.69) is 24.1 Å². The molecule has 1 N–H and O–H groups in total. The van der Waals surface area contributed by atoms with Crippen LogP contribution in [0.3, 0.4) is 0 Å². The van der Waals surface area contributed by atoms with Crippen LogP contribution in [0.2, 0.25) is 0 Å². The molecule has 0 aliphatic carbocycles. The van der Waals surface area contributed by atoms with Gasteiger partial charge in [-0.2, -0.15) is 4.31 Å². The zero-order valence-corrected chi connectivity index (χ0v) is 16.7. The molecule has 1 fully saturated rings. The van der Waals surface area contributed by atoms with Crippen LogP contribution in [0.25, 0.3) is 0 Å². The Morgan fingerprint density at radius 1 is 1.26 bits per heavy atom. The highest BCUT2D eigenvalue weighted by Crippen LogP contribution is 2.24. The SMILES string of the molecule is CC(C)c1ccc(NC(=O)[C@@H]2CCCN(S(=O)(=O)c3cn(C)cn3)C2)cc1. The van der Waals surface area contributed by atoms with Gasteiger partial charge < -0.3 is 9.88 Å². The van der Waals surface area contributed by atoms with Crippen LogP contribution in [0.15, 0.2) is 41.8 Å². The Kier molecular flexibility index (Phi) is 5.67. The predicted octanol–water partition coefficient (Wildman–Crippen LogP) is 2.58. The predicted molar refractivity (Wildman–Crippen MR) is 104 cm³/mol. The van der Waals surface area contributed by atoms with Gasteiger partial charge in [0, 0.05) is 32.0 Å². The fourth-order valence-corrected chi connectivity index (χ4v) is 4.71. The van der Waals surface area contributed by atoms with E-state index >= 15 is 0 Å². The summed E-state index contributed by atoms with van der Waals surface area (Å²) in [5, 5.41) is 2.94. The van der Waals surface area contributed by atoms with E-state index < -0.39 is 10.0 Å². The van der Waals surface area contributed by atoms with E-state index in [1.54, 1.807) is 11.6 Å². The van der Waals surface area contributed by atoms with Crippen LogP contribution in [-0.4, -0.2) is 41.3 Å². The molecule has 27 heavy (non-hydrogen) atoms. The number of hydrogen-bond donors (Lipinski definition) is 1. The molecular weight excluding hydrogens is 364 g/mol. The lowest BCUT2D eigenvalue weighted by Crippen LogP contribution is -2.43. The van der Waals surface area contributed by atoms with Crippen molar-refractivity contribution >= 4 is 21.6 Å². The molecule has 7 nitrogen and oxygen atoms in total. The largest absolute Gasteiger partial charge is 0.339 e. The molecule has 0 bridgehead atoms. The molecule has 3 rings (SSSR count). The zero-order chi connectivity index (χ0) is 19.6. The molecular formula is C19H26N4O3S. The number of rotatable bonds is 5. The van der Waals surface area contributed by atoms with E-state index in [0.717, 1.165) is 5.69 Å². The number of hydrogen-bond acceptors (Lipinski definition) is 4. The van der Waals surface area contributed by atoms with Crippen LogP contribution >= 0.6 is 0 Å². The number of nitrogens with zero attached hydrogens (tertiary/aromatic N) is 3. The summed E-state index contributed by atoms with van der Waals surface area (Å²) in [5.41, 5.74) is 1.94. The Bertz CT molecular complexity index is 903. The van der Waals surface area contributed by atoms with Gasteiger partial charge in [-0.25, -0.2) is 13.4 Å². The van der Waals surface area contributed by atoms with Gasteiger partial charge in [0.25, 0.3) is 10.0 Å². The highest BCUT2D eigenvalue weighted by atomic mass is 32.2. The maximum Gasteiger partial charge on any atom is 0.262 e. The van der Waals surface area contributed by atoms with Crippen LogP contribution in [0.1, 0.15) is 38.2 Å². The minimum atomic E-state index is -3.67. The van der Waals surface area contributed by atoms with Crippen molar-refractivity contribution in [3.05, 3.63) is 42.4 Å². The van der Waals surface area contributed by atoms with Crippen LogP contribution in [0.4, 0.5) is 5.69 Å². The van der Waals surface area contributed by atoms with Gasteiger partial charge in [0.1, 0.15) is 0 Å². The molecule has 0 saturated carbocycles. The number of anilines is 1. The average Bonchev–Trinajstić information content (AvgIpc) is 3.09. The van der Waals surface area contributed by atoms with Gasteiger partial charge in [-0.15, -0.1) is 0 Å². The summed E-state index contributed by atoms with van der Waals surface area (Å²) in [4.78, 5) is 16.6. The highest BCUT2D eigenvalue weighted by molar-refractivity contribution is 7.89. The molecule has 1 aromatic heterocycles. The van der Waals surface area contributed by atoms with Crippen LogP contribution in [0.5, 0.6) is 0 Å². The first kappa shape index (κ1) is 19.6. The zero-order valence-electron chi connectivity index (χ0n) is 15.9. The monoisotopic (exact) mass is 390 g/mol. The second kappa shape index (κ2) is 7.82. The molecule has 0 radical (unpaired) electrons. The van der Waals surface area contributed by atoms with Crippen LogP contribution < -0.4 is 5.32 Å². The number of sulfonamides is 1. The Labute approximate surface area is 160 Å². The average molecular weight is 391 g/mol. The number of benzene rings is 1. The van der Waals surface area contributed by atoms with Crippen molar-refractivity contribution in [1.29, 1.82) is 0 Å². The number of imidazole rings is 1. The van der Waals surface area contributed by atoms with Crippen molar-refractivity contribution in [2.24, 2.45) is 13.0 Å². The third-order valence-corrected chi connectivity index (χ3v) is 6.64. The Balaban J connectivity index is 1.67. The van der Waals surface area contributed by atoms with Gasteiger partial charge in [0.05, 0.1) is 12.2 Å². The summed E-state index contributed by atoms with van der Waals surface area (Å²) in [6, 6.07) is 7.77. The number of amides is 1. The lowest BCUT2D eigenvalue weighted by molar-refractivity contribution is -0.120. The normalized spacial score (nSPS) is 18.6. The second-order valence-corrected chi connectivity index (χ2v) is 9.23. The van der Waals surface area contributed by atoms with Crippen molar-refractivity contribution in [1.82, 2.24) is 13.9 Å². The number of aryl methyl sites for hydroxylation is 1. The van der Waals surface area contributed by atoms with Gasteiger partial charge in [0.15, 0.2) is 5.03 Å². The summed E-state index contributed by atoms with van der Waals surface area (Å²) in [6.45, 7) is 4.82. The molecule has 0 unspecified atom stereocenters. The molecule has 1 atom stereocenters. The van der Waals surface area contributed by atoms with Gasteiger partial charge in [-0.3, -0.25) is 4.79 Å². The van der Waals surface area contributed by atoms with Gasteiger partial charge >= 0.3 is 0 Å². The maximum absolute atomic E-state index is 12.7. The van der Waals surface area contributed by atoms with E-state index in [-0.39, 0.29) is 23.4 Å². The minimum absolute atomic E-state index is 0.0235. The summed E-state index contributed by atoms with van der Waals surface area (Å²) >= 11 is 0. The van der Waals surface area contributed by atoms with Crippen LogP contribution in [-0.2, 0) is 21.9 Å². The summed E-state index contributed by atoms with van der Waals surface area (Å²) < 4.78 is 28.5. The fourth-order valence-electron chi connectivity index (χ4n) is 3.22. The number of carbonyl (C=O) groups excluding carboxylic acids is 1. The lowest BCUT2D eigenvalue weighted by Gasteiger charge is -2.30. The molecule has 1 amide bonds. The molecule has 0 spiro atoms. The number of carbonyl (C=O) groups is 1. The van der Waals surface area contributed by atoms with E-state index in [4.69, 9.17) is 0 Å². The molecule has 1 aliphatic rings. The standard InChI is InChI=1S/C19H26N4O3S/c1-14(2)15-6-8-17(9-7-15)21-19(24)16-5-4-10-23(11-16)27(25,26)18-12-22(3)13-20-18/h6-9,12-14,16H,4-5,10-11H2,1-3H3,(H,21,24)/t16-/m1/s1. The van der Waals surface area contributed by atoms with Crippen molar-refractivity contribution in [3.63, 3.8) is 0 Å². The molecule has 1 saturated heterocycles. The number of piperidine rings is 1. The third-order valence-electron chi connectivity index (χ3n) is 4.89. The van der Waals surface area contributed by atoms with Crippen molar-refractivity contribution < 1.29 is 13.2 Å². The maximum atomic E-state index is 12.7. The second-order valence-electron chi connectivity index (χ2n) is 7.35. The van der Waals surface area contributed by atoms with Crippen molar-refractivity contribution in [3.8, 4) is 0 Å². The van der Waals surface area contributed by atoms with Gasteiger partial charge in [0.2, 0.25) is 5.91 Å². The third kappa shape index (κ3) is 4.39. The first-order valence-corrected chi connectivity index (χ1v) is 10.6. The summed E-state index contributed by atoms with van der Waals surface area (Å²) in [6.07, 6.45) is 4.26. The van der Waals surface area contributed by atoms with E-state index in [9.17, 15) is 13.2 Å².